The standard InChI is InChI=1S/C20H22N2O4S/c1-20(2)12-15-11-14(19(23)26-4)7-10-17(15)22-18(20)13-5-8-16(9-6-13)27(24,25)21-3/h5-11,21H,12H2,1-4H3. The molecule has 1 aliphatic heterocycles. The monoisotopic (exact) mass is 386 g/mol. The topological polar surface area (TPSA) is 84.8 Å². The summed E-state index contributed by atoms with van der Waals surface area (Å²) in [6.45, 7) is 4.16. The molecule has 0 amide bonds. The SMILES string of the molecule is CNS(=O)(=O)c1ccc(C2=Nc3ccc(C(=O)OC)cc3CC2(C)C)cc1. The van der Waals surface area contributed by atoms with Crippen LogP contribution in [-0.2, 0) is 21.2 Å². The second-order valence-corrected chi connectivity index (χ2v) is 8.97. The number of carbonyl (C=O) groups excluding carboxylic acids is 1. The Labute approximate surface area is 159 Å². The third-order valence-electron chi connectivity index (χ3n) is 4.71. The number of ether oxygens (including phenoxy) is 1. The first-order valence-corrected chi connectivity index (χ1v) is 10.0. The molecule has 0 saturated heterocycles. The highest BCUT2D eigenvalue weighted by atomic mass is 32.2. The van der Waals surface area contributed by atoms with Crippen LogP contribution < -0.4 is 4.72 Å². The molecule has 1 heterocycles. The lowest BCUT2D eigenvalue weighted by Crippen LogP contribution is -2.30. The Hall–Kier alpha value is -2.51. The molecule has 6 nitrogen and oxygen atoms in total. The quantitative estimate of drug-likeness (QED) is 0.819. The van der Waals surface area contributed by atoms with Crippen molar-refractivity contribution < 1.29 is 17.9 Å². The second kappa shape index (κ2) is 6.90. The van der Waals surface area contributed by atoms with E-state index in [-0.39, 0.29) is 16.3 Å². The van der Waals surface area contributed by atoms with Crippen LogP contribution in [0.25, 0.3) is 0 Å². The smallest absolute Gasteiger partial charge is 0.337 e. The number of fused-ring (bicyclic) bond motifs is 1. The van der Waals surface area contributed by atoms with Gasteiger partial charge in [0.15, 0.2) is 0 Å². The third kappa shape index (κ3) is 3.65. The predicted molar refractivity (Wildman–Crippen MR) is 104 cm³/mol. The Morgan fingerprint density at radius 3 is 2.41 bits per heavy atom. The number of methoxy groups -OCH3 is 1. The van der Waals surface area contributed by atoms with Gasteiger partial charge in [-0.1, -0.05) is 26.0 Å². The molecule has 0 spiro atoms. The molecule has 0 radical (unpaired) electrons. The average molecular weight is 386 g/mol. The Balaban J connectivity index is 2.03. The van der Waals surface area contributed by atoms with Gasteiger partial charge in [0.2, 0.25) is 10.0 Å². The minimum Gasteiger partial charge on any atom is -0.465 e. The number of rotatable bonds is 4. The van der Waals surface area contributed by atoms with E-state index < -0.39 is 10.0 Å². The highest BCUT2D eigenvalue weighted by molar-refractivity contribution is 7.89. The zero-order valence-electron chi connectivity index (χ0n) is 15.7. The average Bonchev–Trinajstić information content (AvgIpc) is 2.65. The number of aliphatic imine (C=N–C) groups is 1. The van der Waals surface area contributed by atoms with Crippen molar-refractivity contribution in [2.75, 3.05) is 14.2 Å². The van der Waals surface area contributed by atoms with Gasteiger partial charge in [-0.25, -0.2) is 17.9 Å². The molecule has 0 bridgehead atoms. The number of benzene rings is 2. The summed E-state index contributed by atoms with van der Waals surface area (Å²) in [4.78, 5) is 16.8. The predicted octanol–water partition coefficient (Wildman–Crippen LogP) is 3.08. The van der Waals surface area contributed by atoms with E-state index in [1.165, 1.54) is 14.2 Å². The molecule has 1 N–H and O–H groups in total. The lowest BCUT2D eigenvalue weighted by molar-refractivity contribution is 0.0600. The number of esters is 1. The highest BCUT2D eigenvalue weighted by Crippen LogP contribution is 2.38. The van der Waals surface area contributed by atoms with Gasteiger partial charge in [-0.2, -0.15) is 0 Å². The summed E-state index contributed by atoms with van der Waals surface area (Å²) in [6.07, 6.45) is 0.711. The molecule has 0 unspecified atom stereocenters. The molecule has 27 heavy (non-hydrogen) atoms. The van der Waals surface area contributed by atoms with Gasteiger partial charge in [0.05, 0.1) is 29.0 Å². The van der Waals surface area contributed by atoms with E-state index in [0.717, 1.165) is 22.5 Å². The van der Waals surface area contributed by atoms with Crippen LogP contribution in [0.4, 0.5) is 5.69 Å². The first kappa shape index (κ1) is 19.3. The molecule has 0 saturated carbocycles. The summed E-state index contributed by atoms with van der Waals surface area (Å²) < 4.78 is 30.9. The van der Waals surface area contributed by atoms with Crippen LogP contribution >= 0.6 is 0 Å². The van der Waals surface area contributed by atoms with Crippen LogP contribution in [0.15, 0.2) is 52.4 Å². The van der Waals surface area contributed by atoms with E-state index in [1.54, 1.807) is 30.3 Å². The van der Waals surface area contributed by atoms with Crippen molar-refractivity contribution in [1.29, 1.82) is 0 Å². The summed E-state index contributed by atoms with van der Waals surface area (Å²) >= 11 is 0. The maximum atomic E-state index is 11.9. The van der Waals surface area contributed by atoms with Crippen LogP contribution in [0, 0.1) is 5.41 Å². The fraction of sp³-hybridized carbons (Fsp3) is 0.300. The number of nitrogens with one attached hydrogen (secondary N) is 1. The molecule has 0 aromatic heterocycles. The summed E-state index contributed by atoms with van der Waals surface area (Å²) in [7, 11) is -0.725. The molecule has 3 rings (SSSR count). The second-order valence-electron chi connectivity index (χ2n) is 7.09. The zero-order valence-corrected chi connectivity index (χ0v) is 16.6. The van der Waals surface area contributed by atoms with Crippen LogP contribution in [0.3, 0.4) is 0 Å². The van der Waals surface area contributed by atoms with E-state index in [0.29, 0.717) is 12.0 Å². The van der Waals surface area contributed by atoms with E-state index in [1.807, 2.05) is 12.1 Å². The number of carbonyl (C=O) groups is 1. The maximum absolute atomic E-state index is 11.9. The van der Waals surface area contributed by atoms with Gasteiger partial charge < -0.3 is 4.74 Å². The number of sulfonamides is 1. The molecule has 142 valence electrons. The van der Waals surface area contributed by atoms with Crippen LogP contribution in [0.1, 0.15) is 35.3 Å². The summed E-state index contributed by atoms with van der Waals surface area (Å²) in [5.74, 6) is -0.369. The Morgan fingerprint density at radius 2 is 1.81 bits per heavy atom. The Morgan fingerprint density at radius 1 is 1.15 bits per heavy atom. The molecular weight excluding hydrogens is 364 g/mol. The van der Waals surface area contributed by atoms with Crippen molar-refractivity contribution in [3.8, 4) is 0 Å². The van der Waals surface area contributed by atoms with Crippen molar-refractivity contribution in [1.82, 2.24) is 4.72 Å². The molecule has 1 aliphatic rings. The van der Waals surface area contributed by atoms with Crippen molar-refractivity contribution in [3.63, 3.8) is 0 Å². The first-order chi connectivity index (χ1) is 12.7. The van der Waals surface area contributed by atoms with E-state index in [9.17, 15) is 13.2 Å². The molecular formula is C20H22N2O4S. The van der Waals surface area contributed by atoms with Gasteiger partial charge in [0.25, 0.3) is 0 Å². The summed E-state index contributed by atoms with van der Waals surface area (Å²) in [5, 5.41) is 0. The first-order valence-electron chi connectivity index (χ1n) is 8.52. The van der Waals surface area contributed by atoms with Crippen molar-refractivity contribution in [2.45, 2.75) is 25.2 Å². The largest absolute Gasteiger partial charge is 0.465 e. The fourth-order valence-corrected chi connectivity index (χ4v) is 4.01. The molecule has 2 aromatic carbocycles. The van der Waals surface area contributed by atoms with Crippen LogP contribution in [0.2, 0.25) is 0 Å². The lowest BCUT2D eigenvalue weighted by Gasteiger charge is -2.32. The van der Waals surface area contributed by atoms with Gasteiger partial charge in [0.1, 0.15) is 0 Å². The van der Waals surface area contributed by atoms with E-state index >= 15 is 0 Å². The number of hydrogen-bond acceptors (Lipinski definition) is 5. The van der Waals surface area contributed by atoms with Crippen molar-refractivity contribution in [3.05, 3.63) is 59.2 Å². The molecule has 0 atom stereocenters. The Bertz CT molecular complexity index is 1020. The third-order valence-corrected chi connectivity index (χ3v) is 6.14. The minimum atomic E-state index is -3.47. The normalized spacial score (nSPS) is 15.6. The maximum Gasteiger partial charge on any atom is 0.337 e. The fourth-order valence-electron chi connectivity index (χ4n) is 3.28. The van der Waals surface area contributed by atoms with Crippen molar-refractivity contribution in [2.24, 2.45) is 10.4 Å². The number of hydrogen-bond donors (Lipinski definition) is 1. The minimum absolute atomic E-state index is 0.214. The highest BCUT2D eigenvalue weighted by Gasteiger charge is 2.32. The molecule has 2 aromatic rings. The van der Waals surface area contributed by atoms with E-state index in [2.05, 4.69) is 18.6 Å². The van der Waals surface area contributed by atoms with Crippen LogP contribution in [-0.4, -0.2) is 34.3 Å². The lowest BCUT2D eigenvalue weighted by atomic mass is 9.76. The zero-order chi connectivity index (χ0) is 19.8. The van der Waals surface area contributed by atoms with Crippen molar-refractivity contribution >= 4 is 27.4 Å². The van der Waals surface area contributed by atoms with Gasteiger partial charge in [0, 0.05) is 5.41 Å². The van der Waals surface area contributed by atoms with Gasteiger partial charge in [-0.3, -0.25) is 4.99 Å². The number of nitrogens with zero attached hydrogens (tertiary/aromatic N) is 1. The summed E-state index contributed by atoms with van der Waals surface area (Å²) in [6, 6.07) is 12.1. The molecule has 0 fully saturated rings. The van der Waals surface area contributed by atoms with Gasteiger partial charge in [-0.15, -0.1) is 0 Å². The van der Waals surface area contributed by atoms with Gasteiger partial charge >= 0.3 is 5.97 Å². The van der Waals surface area contributed by atoms with E-state index in [4.69, 9.17) is 9.73 Å². The Kier molecular flexibility index (Phi) is 4.92. The van der Waals surface area contributed by atoms with Gasteiger partial charge in [-0.05, 0) is 54.9 Å². The van der Waals surface area contributed by atoms with Crippen LogP contribution in [0.5, 0.6) is 0 Å². The summed E-state index contributed by atoms with van der Waals surface area (Å²) in [5.41, 5.74) is 3.79. The molecule has 0 aliphatic carbocycles. The molecule has 7 heteroatoms.